The number of hydrogen-bond acceptors (Lipinski definition) is 2. The van der Waals surface area contributed by atoms with Gasteiger partial charge < -0.3 is 4.42 Å². The number of para-hydroxylation sites is 1. The molecular weight excluding hydrogens is 587 g/mol. The molecule has 1 N–H and O–H groups in total. The molecule has 0 amide bonds. The van der Waals surface area contributed by atoms with Crippen molar-refractivity contribution < 1.29 is 9.10 Å². The van der Waals surface area contributed by atoms with Crippen molar-refractivity contribution in [2.24, 2.45) is 0 Å². The average molecular weight is 617 g/mol. The fourth-order valence-electron chi connectivity index (χ4n) is 7.44. The van der Waals surface area contributed by atoms with Crippen LogP contribution in [0, 0.1) is 0 Å². The number of benzene rings is 7. The van der Waals surface area contributed by atoms with E-state index in [0.29, 0.717) is 0 Å². The minimum atomic E-state index is -0.0509. The Morgan fingerprint density at radius 3 is 1.98 bits per heavy atom. The largest absolute Gasteiger partial charge is 0.456 e. The number of fused-ring (bicyclic) bond motifs is 6. The standard InChI is InChI=1S/C44H29N3O/c1-4-13-29(14-5-1)32-24-26-39-37(27-32)35-19-10-11-21-38(35)46(39)47-43(31-17-8-3-9-18-31)45-44(47)33-23-25-36-41(28-33)48-40-22-12-20-34(42(36)40)30-15-6-2-7-16-30/h1-28,43H/p+1. The second-order valence-corrected chi connectivity index (χ2v) is 12.4. The molecule has 0 spiro atoms. The predicted molar refractivity (Wildman–Crippen MR) is 196 cm³/mol. The first-order valence-electron chi connectivity index (χ1n) is 16.4. The molecule has 10 rings (SSSR count). The average Bonchev–Trinajstić information content (AvgIpc) is 3.67. The first kappa shape index (κ1) is 26.8. The molecule has 48 heavy (non-hydrogen) atoms. The first-order chi connectivity index (χ1) is 23.8. The smallest absolute Gasteiger partial charge is 0.309 e. The lowest BCUT2D eigenvalue weighted by Gasteiger charge is -2.30. The highest BCUT2D eigenvalue weighted by Crippen LogP contribution is 2.39. The van der Waals surface area contributed by atoms with Crippen molar-refractivity contribution in [1.29, 1.82) is 0 Å². The Hall–Kier alpha value is -6.39. The third-order valence-corrected chi connectivity index (χ3v) is 9.69. The molecule has 7 aromatic carbocycles. The molecule has 3 heterocycles. The Morgan fingerprint density at radius 2 is 1.17 bits per heavy atom. The lowest BCUT2D eigenvalue weighted by Crippen LogP contribution is -2.55. The summed E-state index contributed by atoms with van der Waals surface area (Å²) in [6, 6.07) is 60.3. The SMILES string of the molecule is c1ccc(-c2ccc3c(c2)c2ccccc2n3[N+]2=C(c3ccc4c(c3)oc3cccc(-c5ccccc5)c34)NC2c2ccccc2)cc1. The van der Waals surface area contributed by atoms with Crippen LogP contribution in [-0.4, -0.2) is 15.2 Å². The maximum Gasteiger partial charge on any atom is 0.309 e. The van der Waals surface area contributed by atoms with E-state index in [1.165, 1.54) is 38.6 Å². The fraction of sp³-hybridized carbons (Fsp3) is 0.0227. The Kier molecular flexibility index (Phi) is 5.90. The van der Waals surface area contributed by atoms with Crippen LogP contribution in [0.25, 0.3) is 66.0 Å². The van der Waals surface area contributed by atoms with Crippen molar-refractivity contribution in [3.8, 4) is 22.3 Å². The van der Waals surface area contributed by atoms with Gasteiger partial charge in [0.1, 0.15) is 11.2 Å². The summed E-state index contributed by atoms with van der Waals surface area (Å²) in [5.41, 5.74) is 11.1. The highest BCUT2D eigenvalue weighted by atomic mass is 16.3. The molecule has 1 aliphatic rings. The summed E-state index contributed by atoms with van der Waals surface area (Å²) in [6.45, 7) is 0. The van der Waals surface area contributed by atoms with Gasteiger partial charge in [-0.15, -0.1) is 4.68 Å². The molecule has 1 unspecified atom stereocenters. The van der Waals surface area contributed by atoms with Crippen LogP contribution in [-0.2, 0) is 0 Å². The van der Waals surface area contributed by atoms with Gasteiger partial charge in [0.15, 0.2) is 0 Å². The van der Waals surface area contributed by atoms with Crippen LogP contribution in [0.15, 0.2) is 174 Å². The monoisotopic (exact) mass is 616 g/mol. The third kappa shape index (κ3) is 4.06. The Morgan fingerprint density at radius 1 is 0.479 bits per heavy atom. The topological polar surface area (TPSA) is 33.1 Å². The van der Waals surface area contributed by atoms with E-state index in [-0.39, 0.29) is 6.17 Å². The van der Waals surface area contributed by atoms with Crippen molar-refractivity contribution in [2.75, 3.05) is 0 Å². The zero-order valence-corrected chi connectivity index (χ0v) is 26.0. The van der Waals surface area contributed by atoms with E-state index in [1.807, 2.05) is 0 Å². The molecule has 0 aliphatic carbocycles. The molecule has 1 aliphatic heterocycles. The van der Waals surface area contributed by atoms with E-state index in [9.17, 15) is 0 Å². The molecule has 4 nitrogen and oxygen atoms in total. The summed E-state index contributed by atoms with van der Waals surface area (Å²) >= 11 is 0. The van der Waals surface area contributed by atoms with Gasteiger partial charge in [-0.2, -0.15) is 4.68 Å². The molecule has 1 atom stereocenters. The quantitative estimate of drug-likeness (QED) is 0.195. The summed E-state index contributed by atoms with van der Waals surface area (Å²) in [7, 11) is 0. The van der Waals surface area contributed by atoms with Crippen LogP contribution in [0.1, 0.15) is 17.3 Å². The number of nitrogens with one attached hydrogen (secondary N) is 1. The first-order valence-corrected chi connectivity index (χ1v) is 16.4. The number of hydrogen-bond donors (Lipinski definition) is 1. The van der Waals surface area contributed by atoms with Crippen LogP contribution >= 0.6 is 0 Å². The van der Waals surface area contributed by atoms with Crippen molar-refractivity contribution in [3.63, 3.8) is 0 Å². The second-order valence-electron chi connectivity index (χ2n) is 12.4. The van der Waals surface area contributed by atoms with Crippen molar-refractivity contribution >= 4 is 49.6 Å². The number of rotatable bonds is 5. The molecule has 0 radical (unpaired) electrons. The van der Waals surface area contributed by atoms with Crippen molar-refractivity contribution in [2.45, 2.75) is 6.17 Å². The van der Waals surface area contributed by atoms with Crippen molar-refractivity contribution in [3.05, 3.63) is 181 Å². The summed E-state index contributed by atoms with van der Waals surface area (Å²) in [6.07, 6.45) is -0.0509. The molecule has 0 saturated heterocycles. The van der Waals surface area contributed by atoms with Crippen LogP contribution in [0.5, 0.6) is 0 Å². The number of furan rings is 1. The molecule has 9 aromatic rings. The van der Waals surface area contributed by atoms with E-state index < -0.39 is 0 Å². The summed E-state index contributed by atoms with van der Waals surface area (Å²) < 4.78 is 11.3. The summed E-state index contributed by atoms with van der Waals surface area (Å²) in [4.78, 5) is 0. The van der Waals surface area contributed by atoms with E-state index >= 15 is 0 Å². The number of aromatic nitrogens is 1. The highest BCUT2D eigenvalue weighted by Gasteiger charge is 2.42. The molecule has 226 valence electrons. The van der Waals surface area contributed by atoms with Gasteiger partial charge in [0.2, 0.25) is 0 Å². The number of nitrogens with zero attached hydrogens (tertiary/aromatic N) is 2. The molecule has 0 saturated carbocycles. The molecule has 4 heteroatoms. The van der Waals surface area contributed by atoms with Crippen molar-refractivity contribution in [1.82, 2.24) is 9.99 Å². The van der Waals surface area contributed by atoms with Gasteiger partial charge in [-0.3, -0.25) is 0 Å². The van der Waals surface area contributed by atoms with E-state index in [4.69, 9.17) is 4.42 Å². The Labute approximate surface area is 277 Å². The van der Waals surface area contributed by atoms with Crippen LogP contribution < -0.4 is 5.32 Å². The molecule has 0 fully saturated rings. The Balaban J connectivity index is 1.20. The molecule has 0 bridgehead atoms. The zero-order valence-electron chi connectivity index (χ0n) is 26.0. The summed E-state index contributed by atoms with van der Waals surface area (Å²) in [5.74, 6) is 1.03. The van der Waals surface area contributed by atoms with Gasteiger partial charge in [0.05, 0.1) is 16.6 Å². The van der Waals surface area contributed by atoms with Crippen LogP contribution in [0.4, 0.5) is 0 Å². The fourth-order valence-corrected chi connectivity index (χ4v) is 7.44. The normalized spacial score (nSPS) is 14.5. The van der Waals surface area contributed by atoms with Gasteiger partial charge in [-0.25, -0.2) is 5.32 Å². The maximum absolute atomic E-state index is 6.54. The summed E-state index contributed by atoms with van der Waals surface area (Å²) in [5, 5.41) is 8.55. The van der Waals surface area contributed by atoms with Gasteiger partial charge in [-0.1, -0.05) is 127 Å². The van der Waals surface area contributed by atoms with Gasteiger partial charge in [0.25, 0.3) is 6.17 Å². The van der Waals surface area contributed by atoms with Gasteiger partial charge >= 0.3 is 5.84 Å². The van der Waals surface area contributed by atoms with Gasteiger partial charge in [-0.05, 0) is 64.7 Å². The van der Waals surface area contributed by atoms with E-state index in [0.717, 1.165) is 44.4 Å². The zero-order chi connectivity index (χ0) is 31.6. The second kappa shape index (κ2) is 10.6. The van der Waals surface area contributed by atoms with Crippen LogP contribution in [0.2, 0.25) is 0 Å². The van der Waals surface area contributed by atoms with E-state index in [2.05, 4.69) is 185 Å². The Bertz CT molecular complexity index is 2690. The minimum absolute atomic E-state index is 0.0509. The maximum atomic E-state index is 6.54. The van der Waals surface area contributed by atoms with Crippen LogP contribution in [0.3, 0.4) is 0 Å². The third-order valence-electron chi connectivity index (χ3n) is 9.69. The van der Waals surface area contributed by atoms with Gasteiger partial charge in [0, 0.05) is 27.1 Å². The molecular formula is C44H30N3O+. The highest BCUT2D eigenvalue weighted by molar-refractivity contribution is 6.14. The lowest BCUT2D eigenvalue weighted by atomic mass is 9.99. The van der Waals surface area contributed by atoms with E-state index in [1.54, 1.807) is 0 Å². The minimum Gasteiger partial charge on any atom is -0.456 e. The predicted octanol–water partition coefficient (Wildman–Crippen LogP) is 10.6. The number of amidine groups is 1. The molecule has 2 aromatic heterocycles. The lowest BCUT2D eigenvalue weighted by molar-refractivity contribution is -0.652.